The van der Waals surface area contributed by atoms with Gasteiger partial charge in [0.15, 0.2) is 0 Å². The maximum atomic E-state index is 5.51. The highest BCUT2D eigenvalue weighted by Crippen LogP contribution is 2.28. The van der Waals surface area contributed by atoms with Crippen molar-refractivity contribution in [3.8, 4) is 0 Å². The number of hydrogen-bond acceptors (Lipinski definition) is 3. The molecule has 0 radical (unpaired) electrons. The Hall–Kier alpha value is 0.140. The zero-order valence-corrected chi connectivity index (χ0v) is 8.25. The van der Waals surface area contributed by atoms with Crippen molar-refractivity contribution in [2.75, 3.05) is 11.6 Å². The van der Waals surface area contributed by atoms with Crippen molar-refractivity contribution in [2.24, 2.45) is 0 Å². The first-order chi connectivity index (χ1) is 5.43. The number of alkyl halides is 1. The van der Waals surface area contributed by atoms with Crippen LogP contribution in [0, 0.1) is 0 Å². The summed E-state index contributed by atoms with van der Waals surface area (Å²) in [5.41, 5.74) is 0. The van der Waals surface area contributed by atoms with Crippen LogP contribution in [0.4, 0.5) is 0 Å². The van der Waals surface area contributed by atoms with Crippen LogP contribution in [-0.4, -0.2) is 16.6 Å². The minimum Gasteiger partial charge on any atom is -0.249 e. The highest BCUT2D eigenvalue weighted by Gasteiger charge is 1.92. The zero-order valence-electron chi connectivity index (χ0n) is 5.87. The molecule has 0 atom stereocenters. The number of hydrogen-bond donors (Lipinski definition) is 0. The fourth-order valence-corrected chi connectivity index (χ4v) is 2.70. The lowest BCUT2D eigenvalue weighted by molar-refractivity contribution is 1.14. The molecule has 0 amide bonds. The number of pyridine rings is 1. The third-order valence-corrected chi connectivity index (χ3v) is 3.62. The zero-order chi connectivity index (χ0) is 7.94. The van der Waals surface area contributed by atoms with E-state index >= 15 is 0 Å². The average molecular weight is 206 g/mol. The summed E-state index contributed by atoms with van der Waals surface area (Å²) < 4.78 is 0. The first kappa shape index (κ1) is 9.23. The van der Waals surface area contributed by atoms with Crippen LogP contribution in [0.25, 0.3) is 0 Å². The smallest absolute Gasteiger partial charge is 0.106 e. The van der Waals surface area contributed by atoms with E-state index < -0.39 is 0 Å². The Bertz CT molecular complexity index is 193. The van der Waals surface area contributed by atoms with Crippen LogP contribution in [0.3, 0.4) is 0 Å². The van der Waals surface area contributed by atoms with Gasteiger partial charge in [-0.15, -0.1) is 11.6 Å². The molecule has 60 valence electrons. The molecule has 1 rings (SSSR count). The summed E-state index contributed by atoms with van der Waals surface area (Å²) in [6.07, 6.45) is 1.80. The maximum absolute atomic E-state index is 5.51. The minimum absolute atomic E-state index is 0.699. The fraction of sp³-hybridized carbons (Fsp3) is 0.286. The predicted molar refractivity (Wildman–Crippen MR) is 53.3 cm³/mol. The molecular weight excluding hydrogens is 198 g/mol. The van der Waals surface area contributed by atoms with Gasteiger partial charge in [0.05, 0.1) is 0 Å². The second-order valence-electron chi connectivity index (χ2n) is 1.76. The standard InChI is InChI=1S/C7H8ClNS2/c8-4-6-10-11-7-3-1-2-5-9-7/h1-3,5H,4,6H2. The second kappa shape index (κ2) is 5.75. The Morgan fingerprint density at radius 3 is 3.00 bits per heavy atom. The monoisotopic (exact) mass is 205 g/mol. The van der Waals surface area contributed by atoms with Crippen molar-refractivity contribution < 1.29 is 0 Å². The SMILES string of the molecule is ClCCSSc1ccccn1. The van der Waals surface area contributed by atoms with Gasteiger partial charge in [0.25, 0.3) is 0 Å². The summed E-state index contributed by atoms with van der Waals surface area (Å²) >= 11 is 5.51. The highest BCUT2D eigenvalue weighted by molar-refractivity contribution is 8.76. The quantitative estimate of drug-likeness (QED) is 0.426. The number of nitrogens with zero attached hydrogens (tertiary/aromatic N) is 1. The predicted octanol–water partition coefficient (Wildman–Crippen LogP) is 3.06. The molecule has 0 saturated heterocycles. The second-order valence-corrected chi connectivity index (χ2v) is 4.58. The summed E-state index contributed by atoms with van der Waals surface area (Å²) in [7, 11) is 3.39. The van der Waals surface area contributed by atoms with Gasteiger partial charge < -0.3 is 0 Å². The van der Waals surface area contributed by atoms with E-state index in [0.717, 1.165) is 10.8 Å². The molecule has 0 aliphatic heterocycles. The van der Waals surface area contributed by atoms with Crippen molar-refractivity contribution in [3.63, 3.8) is 0 Å². The third-order valence-electron chi connectivity index (χ3n) is 0.943. The van der Waals surface area contributed by atoms with E-state index in [2.05, 4.69) is 4.98 Å². The van der Waals surface area contributed by atoms with Gasteiger partial charge >= 0.3 is 0 Å². The lowest BCUT2D eigenvalue weighted by Crippen LogP contribution is -1.76. The van der Waals surface area contributed by atoms with Gasteiger partial charge in [-0.05, 0) is 22.9 Å². The van der Waals surface area contributed by atoms with Crippen LogP contribution < -0.4 is 0 Å². The molecule has 0 N–H and O–H groups in total. The van der Waals surface area contributed by atoms with E-state index in [0.29, 0.717) is 5.88 Å². The molecule has 0 aromatic carbocycles. The van der Waals surface area contributed by atoms with Crippen LogP contribution in [0.5, 0.6) is 0 Å². The van der Waals surface area contributed by atoms with Gasteiger partial charge in [-0.25, -0.2) is 4.98 Å². The molecule has 0 saturated carbocycles. The normalized spacial score (nSPS) is 9.91. The lowest BCUT2D eigenvalue weighted by atomic mass is 10.5. The molecule has 0 aliphatic rings. The molecule has 0 unspecified atom stereocenters. The Morgan fingerprint density at radius 1 is 1.45 bits per heavy atom. The van der Waals surface area contributed by atoms with Gasteiger partial charge in [0.1, 0.15) is 5.03 Å². The van der Waals surface area contributed by atoms with E-state index in [4.69, 9.17) is 11.6 Å². The average Bonchev–Trinajstić information content (AvgIpc) is 2.07. The van der Waals surface area contributed by atoms with E-state index in [1.807, 2.05) is 18.2 Å². The largest absolute Gasteiger partial charge is 0.249 e. The third kappa shape index (κ3) is 3.89. The summed E-state index contributed by atoms with van der Waals surface area (Å²) in [6, 6.07) is 5.89. The lowest BCUT2D eigenvalue weighted by Gasteiger charge is -1.95. The van der Waals surface area contributed by atoms with E-state index in [-0.39, 0.29) is 0 Å². The van der Waals surface area contributed by atoms with Gasteiger partial charge in [-0.1, -0.05) is 16.9 Å². The Morgan fingerprint density at radius 2 is 2.36 bits per heavy atom. The summed E-state index contributed by atoms with van der Waals surface area (Å²) in [4.78, 5) is 4.15. The number of aromatic nitrogens is 1. The molecule has 0 bridgehead atoms. The maximum Gasteiger partial charge on any atom is 0.106 e. The first-order valence-electron chi connectivity index (χ1n) is 3.20. The van der Waals surface area contributed by atoms with Crippen molar-refractivity contribution in [3.05, 3.63) is 24.4 Å². The van der Waals surface area contributed by atoms with E-state index in [9.17, 15) is 0 Å². The Balaban J connectivity index is 2.28. The van der Waals surface area contributed by atoms with Gasteiger partial charge in [-0.3, -0.25) is 0 Å². The molecule has 1 aromatic heterocycles. The number of halogens is 1. The first-order valence-corrected chi connectivity index (χ1v) is 6.05. The molecule has 0 fully saturated rings. The van der Waals surface area contributed by atoms with E-state index in [1.54, 1.807) is 27.8 Å². The van der Waals surface area contributed by atoms with Crippen LogP contribution in [0.15, 0.2) is 29.4 Å². The van der Waals surface area contributed by atoms with Crippen molar-refractivity contribution in [2.45, 2.75) is 5.03 Å². The van der Waals surface area contributed by atoms with Crippen LogP contribution in [0.2, 0.25) is 0 Å². The van der Waals surface area contributed by atoms with Crippen molar-refractivity contribution in [1.29, 1.82) is 0 Å². The van der Waals surface area contributed by atoms with Gasteiger partial charge in [-0.2, -0.15) is 0 Å². The molecule has 1 heterocycles. The number of rotatable bonds is 4. The molecule has 11 heavy (non-hydrogen) atoms. The van der Waals surface area contributed by atoms with Gasteiger partial charge in [0, 0.05) is 17.8 Å². The summed E-state index contributed by atoms with van der Waals surface area (Å²) in [5, 5.41) is 1.04. The highest BCUT2D eigenvalue weighted by atomic mass is 35.5. The van der Waals surface area contributed by atoms with Crippen molar-refractivity contribution >= 4 is 33.2 Å². The van der Waals surface area contributed by atoms with Crippen molar-refractivity contribution in [1.82, 2.24) is 4.98 Å². The molecule has 0 aliphatic carbocycles. The van der Waals surface area contributed by atoms with Crippen LogP contribution in [-0.2, 0) is 0 Å². The van der Waals surface area contributed by atoms with Crippen LogP contribution >= 0.6 is 33.2 Å². The topological polar surface area (TPSA) is 12.9 Å². The summed E-state index contributed by atoms with van der Waals surface area (Å²) in [6.45, 7) is 0. The minimum atomic E-state index is 0.699. The van der Waals surface area contributed by atoms with Gasteiger partial charge in [0.2, 0.25) is 0 Å². The summed E-state index contributed by atoms with van der Waals surface area (Å²) in [5.74, 6) is 1.66. The molecular formula is C7H8ClNS2. The van der Waals surface area contributed by atoms with Crippen LogP contribution in [0.1, 0.15) is 0 Å². The Labute approximate surface area is 79.3 Å². The molecule has 0 spiro atoms. The molecule has 4 heteroatoms. The fourth-order valence-electron chi connectivity index (χ4n) is 0.530. The molecule has 1 aromatic rings. The molecule has 1 nitrogen and oxygen atoms in total. The Kier molecular flexibility index (Phi) is 4.82. The van der Waals surface area contributed by atoms with E-state index in [1.165, 1.54) is 0 Å².